The molecule has 0 aromatic carbocycles. The van der Waals surface area contributed by atoms with E-state index in [0.717, 1.165) is 26.2 Å². The van der Waals surface area contributed by atoms with Gasteiger partial charge < -0.3 is 4.90 Å². The van der Waals surface area contributed by atoms with Crippen LogP contribution in [-0.2, 0) is 7.05 Å². The summed E-state index contributed by atoms with van der Waals surface area (Å²) in [4.78, 5) is 2.35. The van der Waals surface area contributed by atoms with Crippen LogP contribution in [0.4, 0.5) is 0 Å². The van der Waals surface area contributed by atoms with Crippen LogP contribution in [0, 0.1) is 0 Å². The molecule has 0 bridgehead atoms. The largest absolute Gasteiger partial charge is 0.304 e. The maximum absolute atomic E-state index is 4.19. The highest BCUT2D eigenvalue weighted by Crippen LogP contribution is 2.11. The lowest BCUT2D eigenvalue weighted by Crippen LogP contribution is -2.51. The monoisotopic (exact) mass is 223 g/mol. The van der Waals surface area contributed by atoms with Crippen molar-refractivity contribution < 1.29 is 0 Å². The van der Waals surface area contributed by atoms with E-state index < -0.39 is 0 Å². The Labute approximate surface area is 97.0 Å². The Kier molecular flexibility index (Phi) is 3.58. The number of hydrazine groups is 1. The summed E-state index contributed by atoms with van der Waals surface area (Å²) in [5.41, 5.74) is 4.75. The van der Waals surface area contributed by atoms with Crippen LogP contribution in [0.1, 0.15) is 18.7 Å². The highest BCUT2D eigenvalue weighted by atomic mass is 15.5. The van der Waals surface area contributed by atoms with Crippen molar-refractivity contribution in [1.29, 1.82) is 0 Å². The number of nitrogens with zero attached hydrogens (tertiary/aromatic N) is 4. The van der Waals surface area contributed by atoms with Crippen LogP contribution in [0.5, 0.6) is 0 Å². The van der Waals surface area contributed by atoms with E-state index in [-0.39, 0.29) is 0 Å². The molecule has 1 aliphatic heterocycles. The van der Waals surface area contributed by atoms with Crippen LogP contribution in [0.2, 0.25) is 0 Å². The molecule has 1 unspecified atom stereocenters. The van der Waals surface area contributed by atoms with Gasteiger partial charge in [-0.25, -0.2) is 10.4 Å². The van der Waals surface area contributed by atoms with E-state index in [1.165, 1.54) is 5.69 Å². The second-order valence-electron chi connectivity index (χ2n) is 4.52. The first-order chi connectivity index (χ1) is 7.66. The molecule has 1 atom stereocenters. The van der Waals surface area contributed by atoms with Gasteiger partial charge >= 0.3 is 0 Å². The summed E-state index contributed by atoms with van der Waals surface area (Å²) in [6.45, 7) is 6.60. The summed E-state index contributed by atoms with van der Waals surface area (Å²) in [6.07, 6.45) is 1.84. The number of nitrogens with one attached hydrogen (secondary N) is 1. The second kappa shape index (κ2) is 4.95. The van der Waals surface area contributed by atoms with Gasteiger partial charge in [0.1, 0.15) is 0 Å². The summed E-state index contributed by atoms with van der Waals surface area (Å²) in [6, 6.07) is 2.38. The lowest BCUT2D eigenvalue weighted by molar-refractivity contribution is 0.0884. The molecule has 5 heteroatoms. The Morgan fingerprint density at radius 3 is 2.50 bits per heavy atom. The maximum atomic E-state index is 4.19. The fourth-order valence-corrected chi connectivity index (χ4v) is 2.08. The van der Waals surface area contributed by atoms with E-state index >= 15 is 0 Å². The Morgan fingerprint density at radius 1 is 1.25 bits per heavy atom. The molecule has 90 valence electrons. The predicted octanol–water partition coefficient (Wildman–Crippen LogP) is 0.233. The lowest BCUT2D eigenvalue weighted by Gasteiger charge is -2.34. The second-order valence-corrected chi connectivity index (χ2v) is 4.52. The molecule has 1 aromatic heterocycles. The normalized spacial score (nSPS) is 21.2. The molecular formula is C11H21N5. The summed E-state index contributed by atoms with van der Waals surface area (Å²) in [5, 5.41) is 6.50. The van der Waals surface area contributed by atoms with Crippen LogP contribution in [0.25, 0.3) is 0 Å². The Hall–Kier alpha value is -0.910. The first kappa shape index (κ1) is 11.6. The zero-order valence-electron chi connectivity index (χ0n) is 10.3. The van der Waals surface area contributed by atoms with E-state index in [9.17, 15) is 0 Å². The first-order valence-corrected chi connectivity index (χ1v) is 5.84. The molecular weight excluding hydrogens is 202 g/mol. The fraction of sp³-hybridized carbons (Fsp3) is 0.727. The van der Waals surface area contributed by atoms with Crippen molar-refractivity contribution in [2.45, 2.75) is 13.0 Å². The smallest absolute Gasteiger partial charge is 0.0605 e. The number of aromatic nitrogens is 2. The SMILES string of the molecule is CC(NN1CCN(C)CC1)c1ccnn1C. The molecule has 2 rings (SSSR count). The van der Waals surface area contributed by atoms with Crippen LogP contribution in [0.15, 0.2) is 12.3 Å². The highest BCUT2D eigenvalue weighted by molar-refractivity contribution is 5.04. The topological polar surface area (TPSA) is 36.3 Å². The average Bonchev–Trinajstić information content (AvgIpc) is 2.68. The van der Waals surface area contributed by atoms with Gasteiger partial charge in [0.2, 0.25) is 0 Å². The molecule has 1 N–H and O–H groups in total. The molecule has 1 aliphatic rings. The van der Waals surface area contributed by atoms with Gasteiger partial charge in [-0.3, -0.25) is 4.68 Å². The number of aryl methyl sites for hydroxylation is 1. The first-order valence-electron chi connectivity index (χ1n) is 5.84. The molecule has 1 aromatic rings. The summed E-state index contributed by atoms with van der Waals surface area (Å²) in [5.74, 6) is 0. The van der Waals surface area contributed by atoms with Crippen LogP contribution in [0.3, 0.4) is 0 Å². The maximum Gasteiger partial charge on any atom is 0.0605 e. The summed E-state index contributed by atoms with van der Waals surface area (Å²) >= 11 is 0. The van der Waals surface area contributed by atoms with E-state index in [0.29, 0.717) is 6.04 Å². The highest BCUT2D eigenvalue weighted by Gasteiger charge is 2.17. The van der Waals surface area contributed by atoms with Gasteiger partial charge in [-0.05, 0) is 20.0 Å². The zero-order chi connectivity index (χ0) is 11.5. The molecule has 0 aliphatic carbocycles. The minimum atomic E-state index is 0.316. The molecule has 5 nitrogen and oxygen atoms in total. The Morgan fingerprint density at radius 2 is 1.94 bits per heavy atom. The van der Waals surface area contributed by atoms with E-state index in [2.05, 4.69) is 40.5 Å². The lowest BCUT2D eigenvalue weighted by atomic mass is 10.2. The van der Waals surface area contributed by atoms with E-state index in [1.807, 2.05) is 17.9 Å². The van der Waals surface area contributed by atoms with Crippen LogP contribution >= 0.6 is 0 Å². The molecule has 0 saturated carbocycles. The van der Waals surface area contributed by atoms with Gasteiger partial charge in [-0.15, -0.1) is 0 Å². The Bertz CT molecular complexity index is 327. The van der Waals surface area contributed by atoms with Gasteiger partial charge in [0, 0.05) is 39.4 Å². The van der Waals surface area contributed by atoms with Gasteiger partial charge in [0.05, 0.1) is 11.7 Å². The van der Waals surface area contributed by atoms with Crippen molar-refractivity contribution in [3.05, 3.63) is 18.0 Å². The van der Waals surface area contributed by atoms with E-state index in [4.69, 9.17) is 0 Å². The molecule has 16 heavy (non-hydrogen) atoms. The quantitative estimate of drug-likeness (QED) is 0.796. The number of piperazine rings is 1. The third-order valence-corrected chi connectivity index (χ3v) is 3.18. The summed E-state index contributed by atoms with van der Waals surface area (Å²) < 4.78 is 1.92. The predicted molar refractivity (Wildman–Crippen MR) is 63.8 cm³/mol. The number of hydrogen-bond donors (Lipinski definition) is 1. The average molecular weight is 223 g/mol. The third-order valence-electron chi connectivity index (χ3n) is 3.18. The fourth-order valence-electron chi connectivity index (χ4n) is 2.08. The van der Waals surface area contributed by atoms with Crippen molar-refractivity contribution in [1.82, 2.24) is 25.1 Å². The molecule has 0 spiro atoms. The minimum Gasteiger partial charge on any atom is -0.304 e. The number of rotatable bonds is 3. The number of hydrogen-bond acceptors (Lipinski definition) is 4. The van der Waals surface area contributed by atoms with Gasteiger partial charge in [0.25, 0.3) is 0 Å². The van der Waals surface area contributed by atoms with Gasteiger partial charge in [0.15, 0.2) is 0 Å². The van der Waals surface area contributed by atoms with Crippen molar-refractivity contribution >= 4 is 0 Å². The summed E-state index contributed by atoms with van der Waals surface area (Å²) in [7, 11) is 4.15. The van der Waals surface area contributed by atoms with Crippen molar-refractivity contribution in [3.8, 4) is 0 Å². The Balaban J connectivity index is 1.88. The molecule has 1 fully saturated rings. The van der Waals surface area contributed by atoms with Gasteiger partial charge in [-0.1, -0.05) is 0 Å². The molecule has 0 radical (unpaired) electrons. The van der Waals surface area contributed by atoms with Gasteiger partial charge in [-0.2, -0.15) is 5.10 Å². The molecule has 0 amide bonds. The van der Waals surface area contributed by atoms with Crippen LogP contribution < -0.4 is 5.43 Å². The van der Waals surface area contributed by atoms with E-state index in [1.54, 1.807) is 0 Å². The molecule has 2 heterocycles. The van der Waals surface area contributed by atoms with Crippen molar-refractivity contribution in [2.24, 2.45) is 7.05 Å². The van der Waals surface area contributed by atoms with Crippen LogP contribution in [-0.4, -0.2) is 52.9 Å². The third kappa shape index (κ3) is 2.61. The van der Waals surface area contributed by atoms with Crippen molar-refractivity contribution in [2.75, 3.05) is 33.2 Å². The minimum absolute atomic E-state index is 0.316. The number of likely N-dealkylation sites (N-methyl/N-ethyl adjacent to an activating group) is 1. The molecule has 1 saturated heterocycles. The zero-order valence-corrected chi connectivity index (χ0v) is 10.3. The standard InChI is InChI=1S/C11H21N5/c1-10(11-4-5-12-15(11)3)13-16-8-6-14(2)7-9-16/h4-5,10,13H,6-9H2,1-3H3. The van der Waals surface area contributed by atoms with Crippen molar-refractivity contribution in [3.63, 3.8) is 0 Å².